The number of hydrazone groups is 1. The largest absolute Gasteiger partial charge is 0.494 e. The fraction of sp³-hybridized carbons (Fsp3) is 0.333. The van der Waals surface area contributed by atoms with Gasteiger partial charge in [-0.3, -0.25) is 14.4 Å². The van der Waals surface area contributed by atoms with Crippen LogP contribution >= 0.6 is 0 Å². The van der Waals surface area contributed by atoms with Crippen LogP contribution in [0.25, 0.3) is 0 Å². The van der Waals surface area contributed by atoms with Crippen LogP contribution in [0.4, 0.5) is 5.69 Å². The Morgan fingerprint density at radius 1 is 1.09 bits per heavy atom. The molecule has 1 heterocycles. The van der Waals surface area contributed by atoms with Crippen molar-refractivity contribution in [1.29, 1.82) is 0 Å². The van der Waals surface area contributed by atoms with Gasteiger partial charge in [-0.15, -0.1) is 0 Å². The molecular weight excluding hydrogens is 440 g/mol. The molecule has 34 heavy (non-hydrogen) atoms. The minimum absolute atomic E-state index is 0.0500. The molecule has 1 saturated heterocycles. The van der Waals surface area contributed by atoms with E-state index in [2.05, 4.69) is 21.2 Å². The first-order chi connectivity index (χ1) is 16.5. The summed E-state index contributed by atoms with van der Waals surface area (Å²) < 4.78 is 16.3. The normalized spacial score (nSPS) is 15.0. The van der Waals surface area contributed by atoms with Crippen molar-refractivity contribution in [2.24, 2.45) is 5.10 Å². The number of rotatable bonds is 10. The zero-order valence-corrected chi connectivity index (χ0v) is 18.9. The highest BCUT2D eigenvalue weighted by Gasteiger charge is 2.18. The van der Waals surface area contributed by atoms with Crippen molar-refractivity contribution in [1.82, 2.24) is 10.7 Å². The summed E-state index contributed by atoms with van der Waals surface area (Å²) in [6, 6.07) is 13.8. The predicted molar refractivity (Wildman–Crippen MR) is 126 cm³/mol. The first kappa shape index (κ1) is 24.7. The highest BCUT2D eigenvalue weighted by Crippen LogP contribution is 2.16. The Balaban J connectivity index is 1.41. The van der Waals surface area contributed by atoms with Crippen molar-refractivity contribution < 1.29 is 28.6 Å². The van der Waals surface area contributed by atoms with E-state index < -0.39 is 11.8 Å². The molecule has 10 heteroatoms. The second-order valence-corrected chi connectivity index (χ2v) is 7.41. The average molecular weight is 469 g/mol. The van der Waals surface area contributed by atoms with Gasteiger partial charge in [0.1, 0.15) is 11.5 Å². The molecule has 1 aliphatic heterocycles. The Morgan fingerprint density at radius 2 is 1.91 bits per heavy atom. The van der Waals surface area contributed by atoms with Gasteiger partial charge in [0.2, 0.25) is 0 Å². The lowest BCUT2D eigenvalue weighted by molar-refractivity contribution is -0.139. The highest BCUT2D eigenvalue weighted by atomic mass is 16.5. The molecule has 0 saturated carbocycles. The number of nitrogens with one attached hydrogen (secondary N) is 3. The summed E-state index contributed by atoms with van der Waals surface area (Å²) in [7, 11) is 0. The van der Waals surface area contributed by atoms with Gasteiger partial charge < -0.3 is 24.8 Å². The van der Waals surface area contributed by atoms with Crippen molar-refractivity contribution in [2.75, 3.05) is 31.7 Å². The van der Waals surface area contributed by atoms with Crippen molar-refractivity contribution >= 4 is 29.6 Å². The number of anilines is 1. The number of nitrogens with zero attached hydrogens (tertiary/aromatic N) is 1. The molecule has 10 nitrogen and oxygen atoms in total. The standard InChI is InChI=1S/C24H28N4O6/c1-2-32-19-10-8-18(9-11-19)27-22(29)16-34-20-6-3-5-17(13-20)14-26-28-24(31)23(30)25-15-21-7-4-12-33-21/h3,5-6,8-11,13-14,21H,2,4,7,12,15-16H2,1H3,(H,25,30)(H,27,29)(H,28,31)/b26-14-/t21-/m1/s1. The van der Waals surface area contributed by atoms with Crippen molar-refractivity contribution in [3.05, 3.63) is 54.1 Å². The van der Waals surface area contributed by atoms with E-state index in [1.807, 2.05) is 6.92 Å². The molecular formula is C24H28N4O6. The number of benzene rings is 2. The number of hydrogen-bond donors (Lipinski definition) is 3. The van der Waals surface area contributed by atoms with Crippen LogP contribution in [0.3, 0.4) is 0 Å². The van der Waals surface area contributed by atoms with E-state index in [0.717, 1.165) is 18.6 Å². The van der Waals surface area contributed by atoms with Gasteiger partial charge in [-0.05, 0) is 61.7 Å². The monoisotopic (exact) mass is 468 g/mol. The number of amides is 3. The van der Waals surface area contributed by atoms with Crippen LogP contribution < -0.4 is 25.5 Å². The molecule has 0 radical (unpaired) electrons. The second kappa shape index (κ2) is 12.9. The van der Waals surface area contributed by atoms with Crippen LogP contribution in [-0.2, 0) is 19.1 Å². The molecule has 1 atom stereocenters. The van der Waals surface area contributed by atoms with Gasteiger partial charge in [-0.1, -0.05) is 12.1 Å². The number of carbonyl (C=O) groups excluding carboxylic acids is 3. The molecule has 3 rings (SSSR count). The Kier molecular flexibility index (Phi) is 9.41. The smallest absolute Gasteiger partial charge is 0.329 e. The third-order valence-corrected chi connectivity index (χ3v) is 4.78. The van der Waals surface area contributed by atoms with Gasteiger partial charge in [0.05, 0.1) is 18.9 Å². The first-order valence-corrected chi connectivity index (χ1v) is 11.0. The zero-order chi connectivity index (χ0) is 24.2. The summed E-state index contributed by atoms with van der Waals surface area (Å²) >= 11 is 0. The molecule has 0 unspecified atom stereocenters. The number of ether oxygens (including phenoxy) is 3. The SMILES string of the molecule is CCOc1ccc(NC(=O)COc2cccc(/C=N\NC(=O)C(=O)NC[C@H]3CCCO3)c2)cc1. The van der Waals surface area contributed by atoms with Crippen molar-refractivity contribution in [2.45, 2.75) is 25.9 Å². The van der Waals surface area contributed by atoms with E-state index in [9.17, 15) is 14.4 Å². The fourth-order valence-corrected chi connectivity index (χ4v) is 3.14. The number of carbonyl (C=O) groups is 3. The van der Waals surface area contributed by atoms with Gasteiger partial charge >= 0.3 is 11.8 Å². The third kappa shape index (κ3) is 8.21. The van der Waals surface area contributed by atoms with Crippen molar-refractivity contribution in [3.8, 4) is 11.5 Å². The van der Waals surface area contributed by atoms with Gasteiger partial charge in [0.25, 0.3) is 5.91 Å². The molecule has 2 aromatic carbocycles. The molecule has 0 bridgehead atoms. The molecule has 2 aromatic rings. The Hall–Kier alpha value is -3.92. The summed E-state index contributed by atoms with van der Waals surface area (Å²) in [5.74, 6) is -0.780. The molecule has 3 N–H and O–H groups in total. The second-order valence-electron chi connectivity index (χ2n) is 7.41. The van der Waals surface area contributed by atoms with Crippen LogP contribution in [0, 0.1) is 0 Å². The predicted octanol–water partition coefficient (Wildman–Crippen LogP) is 1.85. The molecule has 0 spiro atoms. The molecule has 0 aliphatic carbocycles. The van der Waals surface area contributed by atoms with Crippen LogP contribution in [-0.4, -0.2) is 56.4 Å². The molecule has 3 amide bonds. The van der Waals surface area contributed by atoms with Crippen LogP contribution in [0.2, 0.25) is 0 Å². The van der Waals surface area contributed by atoms with Gasteiger partial charge in [0, 0.05) is 18.8 Å². The van der Waals surface area contributed by atoms with Gasteiger partial charge in [-0.25, -0.2) is 5.43 Å². The highest BCUT2D eigenvalue weighted by molar-refractivity contribution is 6.35. The molecule has 1 aliphatic rings. The van der Waals surface area contributed by atoms with E-state index in [-0.39, 0.29) is 18.6 Å². The lowest BCUT2D eigenvalue weighted by Crippen LogP contribution is -2.41. The topological polar surface area (TPSA) is 127 Å². The summed E-state index contributed by atoms with van der Waals surface area (Å²) in [5.41, 5.74) is 3.43. The number of hydrogen-bond acceptors (Lipinski definition) is 7. The summed E-state index contributed by atoms with van der Waals surface area (Å²) in [6.07, 6.45) is 3.14. The lowest BCUT2D eigenvalue weighted by atomic mass is 10.2. The maximum Gasteiger partial charge on any atom is 0.329 e. The van der Waals surface area contributed by atoms with Crippen molar-refractivity contribution in [3.63, 3.8) is 0 Å². The van der Waals surface area contributed by atoms with E-state index in [0.29, 0.717) is 36.8 Å². The summed E-state index contributed by atoms with van der Waals surface area (Å²) in [5, 5.41) is 9.06. The summed E-state index contributed by atoms with van der Waals surface area (Å²) in [6.45, 7) is 3.25. The lowest BCUT2D eigenvalue weighted by Gasteiger charge is -2.09. The van der Waals surface area contributed by atoms with E-state index in [1.54, 1.807) is 48.5 Å². The molecule has 1 fully saturated rings. The minimum Gasteiger partial charge on any atom is -0.494 e. The van der Waals surface area contributed by atoms with E-state index in [1.165, 1.54) is 6.21 Å². The maximum atomic E-state index is 12.1. The van der Waals surface area contributed by atoms with E-state index >= 15 is 0 Å². The molecule has 180 valence electrons. The van der Waals surface area contributed by atoms with E-state index in [4.69, 9.17) is 14.2 Å². The fourth-order valence-electron chi connectivity index (χ4n) is 3.14. The maximum absolute atomic E-state index is 12.1. The van der Waals surface area contributed by atoms with Crippen LogP contribution in [0.5, 0.6) is 11.5 Å². The Morgan fingerprint density at radius 3 is 2.65 bits per heavy atom. The van der Waals surface area contributed by atoms with Crippen LogP contribution in [0.1, 0.15) is 25.3 Å². The first-order valence-electron chi connectivity index (χ1n) is 11.0. The quantitative estimate of drug-likeness (QED) is 0.277. The summed E-state index contributed by atoms with van der Waals surface area (Å²) in [4.78, 5) is 35.8. The third-order valence-electron chi connectivity index (χ3n) is 4.78. The minimum atomic E-state index is -0.868. The van der Waals surface area contributed by atoms with Gasteiger partial charge in [-0.2, -0.15) is 5.10 Å². The Labute approximate surface area is 197 Å². The van der Waals surface area contributed by atoms with Crippen LogP contribution in [0.15, 0.2) is 53.6 Å². The van der Waals surface area contributed by atoms with Gasteiger partial charge in [0.15, 0.2) is 6.61 Å². The molecule has 0 aromatic heterocycles. The average Bonchev–Trinajstić information content (AvgIpc) is 3.37. The zero-order valence-electron chi connectivity index (χ0n) is 18.9. The Bertz CT molecular complexity index is 1000.